The Morgan fingerprint density at radius 3 is 2.82 bits per heavy atom. The molecule has 1 aromatic carbocycles. The van der Waals surface area contributed by atoms with E-state index in [0.29, 0.717) is 11.6 Å². The maximum Gasteiger partial charge on any atom is 0.287 e. The standard InChI is InChI=1S/C17H18BrN3O/c18-13-10-16(19-11-13)17(22)21-20-15-9-5-4-8-14(15)12-6-2-1-3-7-12/h1-3,6-7,10-11,14,19H,4-5,8-9H2,(H,21,22)/b20-15-/t14-/m1/s1. The molecule has 0 radical (unpaired) electrons. The van der Waals surface area contributed by atoms with Crippen molar-refractivity contribution in [3.05, 3.63) is 58.3 Å². The number of aromatic nitrogens is 1. The van der Waals surface area contributed by atoms with Crippen molar-refractivity contribution in [2.75, 3.05) is 0 Å². The van der Waals surface area contributed by atoms with E-state index in [1.165, 1.54) is 12.0 Å². The van der Waals surface area contributed by atoms with Gasteiger partial charge in [0, 0.05) is 22.3 Å². The molecule has 5 heteroatoms. The van der Waals surface area contributed by atoms with Crippen molar-refractivity contribution in [1.29, 1.82) is 0 Å². The van der Waals surface area contributed by atoms with Crippen molar-refractivity contribution in [1.82, 2.24) is 10.4 Å². The third-order valence-corrected chi connectivity index (χ3v) is 4.43. The highest BCUT2D eigenvalue weighted by Gasteiger charge is 2.22. The highest BCUT2D eigenvalue weighted by Crippen LogP contribution is 2.30. The fourth-order valence-electron chi connectivity index (χ4n) is 2.86. The number of carbonyl (C=O) groups excluding carboxylic acids is 1. The fourth-order valence-corrected chi connectivity index (χ4v) is 3.20. The van der Waals surface area contributed by atoms with Gasteiger partial charge in [-0.15, -0.1) is 0 Å². The average molecular weight is 360 g/mol. The van der Waals surface area contributed by atoms with Gasteiger partial charge in [0.2, 0.25) is 0 Å². The summed E-state index contributed by atoms with van der Waals surface area (Å²) in [6.07, 6.45) is 6.10. The second-order valence-corrected chi connectivity index (χ2v) is 6.40. The Morgan fingerprint density at radius 1 is 1.27 bits per heavy atom. The molecule has 1 amide bonds. The first-order valence-corrected chi connectivity index (χ1v) is 8.29. The van der Waals surface area contributed by atoms with Gasteiger partial charge >= 0.3 is 0 Å². The largest absolute Gasteiger partial charge is 0.356 e. The number of aromatic amines is 1. The predicted molar refractivity (Wildman–Crippen MR) is 91.0 cm³/mol. The topological polar surface area (TPSA) is 57.2 Å². The van der Waals surface area contributed by atoms with Crippen LogP contribution in [0.4, 0.5) is 0 Å². The number of amides is 1. The molecule has 22 heavy (non-hydrogen) atoms. The van der Waals surface area contributed by atoms with Gasteiger partial charge in [-0.05, 0) is 46.8 Å². The Bertz CT molecular complexity index is 678. The minimum absolute atomic E-state index is 0.212. The zero-order valence-corrected chi connectivity index (χ0v) is 13.8. The van der Waals surface area contributed by atoms with Gasteiger partial charge in [-0.25, -0.2) is 5.43 Å². The van der Waals surface area contributed by atoms with Gasteiger partial charge in [0.25, 0.3) is 5.91 Å². The number of halogens is 1. The Hall–Kier alpha value is -1.88. The monoisotopic (exact) mass is 359 g/mol. The number of nitrogens with one attached hydrogen (secondary N) is 2. The molecular weight excluding hydrogens is 342 g/mol. The normalized spacial score (nSPS) is 20.0. The summed E-state index contributed by atoms with van der Waals surface area (Å²) in [6.45, 7) is 0. The first-order valence-electron chi connectivity index (χ1n) is 7.49. The SMILES string of the molecule is O=C(N/N=C1/CCCC[C@@H]1c1ccccc1)c1cc(Br)c[nH]1. The maximum absolute atomic E-state index is 12.1. The zero-order chi connectivity index (χ0) is 15.4. The molecule has 1 saturated carbocycles. The van der Waals surface area contributed by atoms with E-state index >= 15 is 0 Å². The van der Waals surface area contributed by atoms with Crippen LogP contribution >= 0.6 is 15.9 Å². The lowest BCUT2D eigenvalue weighted by Gasteiger charge is -2.24. The number of H-pyrrole nitrogens is 1. The first-order chi connectivity index (χ1) is 10.7. The second kappa shape index (κ2) is 6.92. The number of benzene rings is 1. The third kappa shape index (κ3) is 3.47. The Balaban J connectivity index is 1.74. The summed E-state index contributed by atoms with van der Waals surface area (Å²) < 4.78 is 0.852. The highest BCUT2D eigenvalue weighted by atomic mass is 79.9. The quantitative estimate of drug-likeness (QED) is 0.791. The van der Waals surface area contributed by atoms with Crippen LogP contribution in [-0.4, -0.2) is 16.6 Å². The number of hydrogen-bond donors (Lipinski definition) is 2. The van der Waals surface area contributed by atoms with Gasteiger partial charge < -0.3 is 4.98 Å². The molecule has 1 fully saturated rings. The summed E-state index contributed by atoms with van der Waals surface area (Å²) in [6, 6.07) is 12.1. The zero-order valence-electron chi connectivity index (χ0n) is 12.2. The summed E-state index contributed by atoms with van der Waals surface area (Å²) >= 11 is 3.32. The average Bonchev–Trinajstić information content (AvgIpc) is 3.00. The predicted octanol–water partition coefficient (Wildman–Crippen LogP) is 4.22. The molecule has 0 aliphatic heterocycles. The number of hydrogen-bond acceptors (Lipinski definition) is 2. The summed E-state index contributed by atoms with van der Waals surface area (Å²) in [7, 11) is 0. The van der Waals surface area contributed by atoms with Gasteiger partial charge in [0.1, 0.15) is 5.69 Å². The molecule has 1 aromatic heterocycles. The summed E-state index contributed by atoms with van der Waals surface area (Å²) in [4.78, 5) is 15.0. The van der Waals surface area contributed by atoms with Crippen molar-refractivity contribution in [2.45, 2.75) is 31.6 Å². The Labute approximate surface area is 138 Å². The molecule has 1 heterocycles. The van der Waals surface area contributed by atoms with Crippen LogP contribution in [0.25, 0.3) is 0 Å². The van der Waals surface area contributed by atoms with Gasteiger partial charge in [-0.3, -0.25) is 4.79 Å². The van der Waals surface area contributed by atoms with Crippen molar-refractivity contribution in [3.63, 3.8) is 0 Å². The van der Waals surface area contributed by atoms with Gasteiger partial charge in [-0.2, -0.15) is 5.10 Å². The van der Waals surface area contributed by atoms with Crippen LogP contribution in [0.2, 0.25) is 0 Å². The van der Waals surface area contributed by atoms with Crippen LogP contribution in [0, 0.1) is 0 Å². The molecule has 0 unspecified atom stereocenters. The lowest BCUT2D eigenvalue weighted by Crippen LogP contribution is -2.24. The molecule has 0 spiro atoms. The summed E-state index contributed by atoms with van der Waals surface area (Å²) in [5.74, 6) is 0.0983. The molecule has 2 N–H and O–H groups in total. The summed E-state index contributed by atoms with van der Waals surface area (Å²) in [5.41, 5.74) is 5.52. The van der Waals surface area contributed by atoms with Crippen LogP contribution < -0.4 is 5.43 Å². The highest BCUT2D eigenvalue weighted by molar-refractivity contribution is 9.10. The molecule has 1 atom stereocenters. The third-order valence-electron chi connectivity index (χ3n) is 3.97. The van der Waals surface area contributed by atoms with E-state index in [0.717, 1.165) is 29.4 Å². The molecule has 0 saturated heterocycles. The van der Waals surface area contributed by atoms with Crippen LogP contribution in [0.15, 0.2) is 52.2 Å². The number of nitrogens with zero attached hydrogens (tertiary/aromatic N) is 1. The van der Waals surface area contributed by atoms with Crippen LogP contribution in [0.1, 0.15) is 47.7 Å². The van der Waals surface area contributed by atoms with E-state index in [-0.39, 0.29) is 5.91 Å². The van der Waals surface area contributed by atoms with E-state index in [1.54, 1.807) is 12.3 Å². The van der Waals surface area contributed by atoms with E-state index in [1.807, 2.05) is 6.07 Å². The minimum atomic E-state index is -0.212. The molecule has 0 bridgehead atoms. The van der Waals surface area contributed by atoms with Crippen molar-refractivity contribution in [3.8, 4) is 0 Å². The lowest BCUT2D eigenvalue weighted by atomic mass is 9.82. The Morgan fingerprint density at radius 2 is 2.09 bits per heavy atom. The molecular formula is C17H18BrN3O. The summed E-state index contributed by atoms with van der Waals surface area (Å²) in [5, 5.41) is 4.41. The van der Waals surface area contributed by atoms with E-state index in [4.69, 9.17) is 0 Å². The van der Waals surface area contributed by atoms with Crippen molar-refractivity contribution < 1.29 is 4.79 Å². The molecule has 1 aliphatic rings. The molecule has 1 aliphatic carbocycles. The van der Waals surface area contributed by atoms with Crippen LogP contribution in [0.5, 0.6) is 0 Å². The molecule has 114 valence electrons. The molecule has 3 rings (SSSR count). The van der Waals surface area contributed by atoms with E-state index in [2.05, 4.69) is 55.7 Å². The van der Waals surface area contributed by atoms with Gasteiger partial charge in [0.05, 0.1) is 0 Å². The number of hydrazone groups is 1. The first kappa shape index (κ1) is 15.0. The fraction of sp³-hybridized carbons (Fsp3) is 0.294. The van der Waals surface area contributed by atoms with E-state index in [9.17, 15) is 4.79 Å². The molecule has 4 nitrogen and oxygen atoms in total. The smallest absolute Gasteiger partial charge is 0.287 e. The van der Waals surface area contributed by atoms with E-state index < -0.39 is 0 Å². The van der Waals surface area contributed by atoms with Crippen molar-refractivity contribution in [2.24, 2.45) is 5.10 Å². The molecule has 2 aromatic rings. The van der Waals surface area contributed by atoms with Crippen LogP contribution in [0.3, 0.4) is 0 Å². The van der Waals surface area contributed by atoms with Crippen molar-refractivity contribution >= 4 is 27.5 Å². The maximum atomic E-state index is 12.1. The second-order valence-electron chi connectivity index (χ2n) is 5.48. The lowest BCUT2D eigenvalue weighted by molar-refractivity contribution is 0.0950. The van der Waals surface area contributed by atoms with Gasteiger partial charge in [0.15, 0.2) is 0 Å². The minimum Gasteiger partial charge on any atom is -0.356 e. The van der Waals surface area contributed by atoms with Gasteiger partial charge in [-0.1, -0.05) is 36.8 Å². The number of rotatable bonds is 3. The Kier molecular flexibility index (Phi) is 4.73. The number of carbonyl (C=O) groups is 1. The van der Waals surface area contributed by atoms with Crippen LogP contribution in [-0.2, 0) is 0 Å².